The number of benzene rings is 2. The molecule has 1 atom stereocenters. The molecule has 0 N–H and O–H groups in total. The van der Waals surface area contributed by atoms with E-state index in [1.807, 2.05) is 49.3 Å². The van der Waals surface area contributed by atoms with Crippen LogP contribution < -0.4 is 19.8 Å². The number of fused-ring (bicyclic) bond motifs is 1. The summed E-state index contributed by atoms with van der Waals surface area (Å²) in [5.74, 6) is -1.04. The van der Waals surface area contributed by atoms with Gasteiger partial charge >= 0.3 is 11.9 Å². The lowest BCUT2D eigenvalue weighted by molar-refractivity contribution is -0.136. The van der Waals surface area contributed by atoms with Crippen molar-refractivity contribution in [2.24, 2.45) is 4.99 Å². The van der Waals surface area contributed by atoms with Gasteiger partial charge in [-0.1, -0.05) is 35.6 Å². The summed E-state index contributed by atoms with van der Waals surface area (Å²) in [6, 6.07) is 13.7. The first-order chi connectivity index (χ1) is 16.7. The second-order valence-electron chi connectivity index (χ2n) is 8.17. The molecule has 180 valence electrons. The molecule has 0 amide bonds. The lowest BCUT2D eigenvalue weighted by atomic mass is 9.95. The summed E-state index contributed by atoms with van der Waals surface area (Å²) in [4.78, 5) is 45.3. The molecule has 0 spiro atoms. The van der Waals surface area contributed by atoms with Crippen molar-refractivity contribution >= 4 is 35.0 Å². The van der Waals surface area contributed by atoms with Gasteiger partial charge in [-0.25, -0.2) is 14.6 Å². The quantitative estimate of drug-likeness (QED) is 0.509. The first-order valence-electron chi connectivity index (χ1n) is 10.8. The third kappa shape index (κ3) is 4.54. The third-order valence-corrected chi connectivity index (χ3v) is 6.76. The average molecular weight is 492 g/mol. The SMILES string of the molecule is COC(=O)C1=C(C)N=c2s/c(=C/c3ccc(N(C)C)cc3)c(=O)n2C1c1ccc(C(=O)OC)cc1. The molecule has 1 aromatic heterocycles. The molecule has 1 aliphatic rings. The maximum atomic E-state index is 13.6. The molecule has 1 aliphatic heterocycles. The summed E-state index contributed by atoms with van der Waals surface area (Å²) in [7, 11) is 6.53. The molecular weight excluding hydrogens is 466 g/mol. The molecule has 0 saturated carbocycles. The number of anilines is 1. The van der Waals surface area contributed by atoms with Crippen molar-refractivity contribution in [3.8, 4) is 0 Å². The summed E-state index contributed by atoms with van der Waals surface area (Å²) in [6.45, 7) is 1.72. The van der Waals surface area contributed by atoms with E-state index in [1.165, 1.54) is 30.1 Å². The summed E-state index contributed by atoms with van der Waals surface area (Å²) in [5, 5.41) is 0. The molecule has 4 rings (SSSR count). The van der Waals surface area contributed by atoms with Gasteiger partial charge in [0.2, 0.25) is 0 Å². The zero-order valence-electron chi connectivity index (χ0n) is 20.1. The van der Waals surface area contributed by atoms with Crippen molar-refractivity contribution in [3.63, 3.8) is 0 Å². The van der Waals surface area contributed by atoms with Gasteiger partial charge in [0.25, 0.3) is 5.56 Å². The maximum absolute atomic E-state index is 13.6. The largest absolute Gasteiger partial charge is 0.466 e. The second kappa shape index (κ2) is 9.71. The van der Waals surface area contributed by atoms with Gasteiger partial charge in [-0.2, -0.15) is 0 Å². The van der Waals surface area contributed by atoms with Crippen LogP contribution in [0.1, 0.15) is 34.5 Å². The average Bonchev–Trinajstić information content (AvgIpc) is 3.16. The first-order valence-corrected chi connectivity index (χ1v) is 11.6. The Morgan fingerprint density at radius 3 is 2.20 bits per heavy atom. The van der Waals surface area contributed by atoms with Gasteiger partial charge in [-0.15, -0.1) is 0 Å². The standard InChI is InChI=1S/C26H25N3O5S/c1-15-21(25(32)34-5)22(17-8-10-18(11-9-17)24(31)33-4)29-23(30)20(35-26(29)27-15)14-16-6-12-19(13-7-16)28(2)3/h6-14,22H,1-5H3/b20-14+. The number of aromatic nitrogens is 1. The Morgan fingerprint density at radius 1 is 1.00 bits per heavy atom. The van der Waals surface area contributed by atoms with Crippen molar-refractivity contribution in [1.29, 1.82) is 0 Å². The number of rotatable bonds is 5. The van der Waals surface area contributed by atoms with Crippen molar-refractivity contribution in [2.75, 3.05) is 33.2 Å². The molecule has 0 radical (unpaired) electrons. The Hall–Kier alpha value is -3.98. The van der Waals surface area contributed by atoms with E-state index >= 15 is 0 Å². The fraction of sp³-hybridized carbons (Fsp3) is 0.231. The molecule has 35 heavy (non-hydrogen) atoms. The van der Waals surface area contributed by atoms with Crippen LogP contribution in [0.15, 0.2) is 69.6 Å². The fourth-order valence-corrected chi connectivity index (χ4v) is 4.99. The number of carbonyl (C=O) groups excluding carboxylic acids is 2. The number of ether oxygens (including phenoxy) is 2. The molecule has 0 fully saturated rings. The highest BCUT2D eigenvalue weighted by Crippen LogP contribution is 2.30. The zero-order chi connectivity index (χ0) is 25.3. The van der Waals surface area contributed by atoms with Crippen LogP contribution in [0.2, 0.25) is 0 Å². The van der Waals surface area contributed by atoms with E-state index in [1.54, 1.807) is 31.2 Å². The monoisotopic (exact) mass is 491 g/mol. The molecule has 1 unspecified atom stereocenters. The summed E-state index contributed by atoms with van der Waals surface area (Å²) >= 11 is 1.26. The maximum Gasteiger partial charge on any atom is 0.338 e. The van der Waals surface area contributed by atoms with Crippen LogP contribution in [0.5, 0.6) is 0 Å². The third-order valence-electron chi connectivity index (χ3n) is 5.78. The molecule has 2 heterocycles. The Morgan fingerprint density at radius 2 is 1.63 bits per heavy atom. The molecule has 0 saturated heterocycles. The lowest BCUT2D eigenvalue weighted by Crippen LogP contribution is -2.39. The Labute approximate surface area is 206 Å². The van der Waals surface area contributed by atoms with Gasteiger partial charge in [0, 0.05) is 19.8 Å². The van der Waals surface area contributed by atoms with Crippen LogP contribution in [-0.2, 0) is 14.3 Å². The molecular formula is C26H25N3O5S. The van der Waals surface area contributed by atoms with E-state index in [2.05, 4.69) is 4.99 Å². The number of nitrogens with zero attached hydrogens (tertiary/aromatic N) is 3. The summed E-state index contributed by atoms with van der Waals surface area (Å²) in [6.07, 6.45) is 1.82. The van der Waals surface area contributed by atoms with Crippen molar-refractivity contribution in [2.45, 2.75) is 13.0 Å². The van der Waals surface area contributed by atoms with E-state index < -0.39 is 18.0 Å². The van der Waals surface area contributed by atoms with E-state index in [9.17, 15) is 14.4 Å². The predicted octanol–water partition coefficient (Wildman–Crippen LogP) is 2.26. The number of thiazole rings is 1. The Bertz CT molecular complexity index is 1500. The normalized spacial score (nSPS) is 15.3. The fourth-order valence-electron chi connectivity index (χ4n) is 3.95. The molecule has 0 aliphatic carbocycles. The van der Waals surface area contributed by atoms with Gasteiger partial charge in [-0.3, -0.25) is 9.36 Å². The molecule has 3 aromatic rings. The van der Waals surface area contributed by atoms with E-state index in [4.69, 9.17) is 9.47 Å². The van der Waals surface area contributed by atoms with Gasteiger partial charge in [-0.05, 0) is 48.4 Å². The minimum Gasteiger partial charge on any atom is -0.466 e. The van der Waals surface area contributed by atoms with Crippen LogP contribution in [0.4, 0.5) is 5.69 Å². The van der Waals surface area contributed by atoms with Crippen LogP contribution in [-0.4, -0.2) is 44.8 Å². The van der Waals surface area contributed by atoms with Crippen LogP contribution >= 0.6 is 11.3 Å². The molecule has 2 aromatic carbocycles. The number of methoxy groups -OCH3 is 2. The number of allylic oxidation sites excluding steroid dienone is 1. The zero-order valence-corrected chi connectivity index (χ0v) is 20.9. The minimum atomic E-state index is -0.747. The van der Waals surface area contributed by atoms with Gasteiger partial charge in [0.15, 0.2) is 4.80 Å². The number of carbonyl (C=O) groups is 2. The Balaban J connectivity index is 1.88. The van der Waals surface area contributed by atoms with Crippen molar-refractivity contribution < 1.29 is 19.1 Å². The molecule has 8 nitrogen and oxygen atoms in total. The van der Waals surface area contributed by atoms with Crippen LogP contribution in [0.3, 0.4) is 0 Å². The summed E-state index contributed by atoms with van der Waals surface area (Å²) in [5.41, 5.74) is 3.43. The smallest absolute Gasteiger partial charge is 0.338 e. The van der Waals surface area contributed by atoms with Crippen LogP contribution in [0, 0.1) is 0 Å². The topological polar surface area (TPSA) is 90.2 Å². The first kappa shape index (κ1) is 24.2. The van der Waals surface area contributed by atoms with Gasteiger partial charge < -0.3 is 14.4 Å². The highest BCUT2D eigenvalue weighted by atomic mass is 32.1. The Kier molecular flexibility index (Phi) is 6.70. The highest BCUT2D eigenvalue weighted by molar-refractivity contribution is 7.07. The predicted molar refractivity (Wildman–Crippen MR) is 134 cm³/mol. The number of hydrogen-bond donors (Lipinski definition) is 0. The van der Waals surface area contributed by atoms with E-state index in [-0.39, 0.29) is 11.1 Å². The molecule has 9 heteroatoms. The van der Waals surface area contributed by atoms with Crippen molar-refractivity contribution in [1.82, 2.24) is 4.57 Å². The number of hydrogen-bond acceptors (Lipinski definition) is 8. The second-order valence-corrected chi connectivity index (χ2v) is 9.18. The van der Waals surface area contributed by atoms with E-state index in [0.29, 0.717) is 26.2 Å². The van der Waals surface area contributed by atoms with Crippen molar-refractivity contribution in [3.05, 3.63) is 96.2 Å². The highest BCUT2D eigenvalue weighted by Gasteiger charge is 2.33. The van der Waals surface area contributed by atoms with Crippen LogP contribution in [0.25, 0.3) is 6.08 Å². The van der Waals surface area contributed by atoms with E-state index in [0.717, 1.165) is 11.3 Å². The minimum absolute atomic E-state index is 0.263. The number of esters is 2. The van der Waals surface area contributed by atoms with Gasteiger partial charge in [0.05, 0.1) is 41.6 Å². The lowest BCUT2D eigenvalue weighted by Gasteiger charge is -2.24. The van der Waals surface area contributed by atoms with Gasteiger partial charge in [0.1, 0.15) is 0 Å². The molecule has 0 bridgehead atoms. The summed E-state index contributed by atoms with van der Waals surface area (Å²) < 4.78 is 11.8.